The van der Waals surface area contributed by atoms with Crippen LogP contribution in [0.2, 0.25) is 0 Å². The summed E-state index contributed by atoms with van der Waals surface area (Å²) in [5.74, 6) is -0.531. The van der Waals surface area contributed by atoms with Gasteiger partial charge < -0.3 is 19.7 Å². The molecule has 2 aromatic heterocycles. The van der Waals surface area contributed by atoms with Crippen LogP contribution in [0.3, 0.4) is 0 Å². The zero-order valence-electron chi connectivity index (χ0n) is 24.7. The second-order valence-electron chi connectivity index (χ2n) is 11.1. The van der Waals surface area contributed by atoms with Gasteiger partial charge in [0, 0.05) is 63.1 Å². The van der Waals surface area contributed by atoms with Crippen LogP contribution in [-0.4, -0.2) is 69.8 Å². The standard InChI is InChI=1S/C29H41N5O6S/c1-17(2)23(34(5)26(36)13-20-8-9-20)15-24(40-19(4)35)28-33-22(16-41-28)27(37)32-21(12-18(3)29(38)39-6)14-25-30-10-7-11-31-25/h7,10-11,16-18,20-21,23-24H,8-9,12-15H2,1-6H3,(H,32,37)/t18-,21+,23?,24+/m0/s1. The minimum absolute atomic E-state index is 0.0848. The normalized spacial score (nSPS) is 15.9. The monoisotopic (exact) mass is 587 g/mol. The van der Waals surface area contributed by atoms with Gasteiger partial charge in [0.05, 0.1) is 13.0 Å². The van der Waals surface area contributed by atoms with E-state index in [9.17, 15) is 19.2 Å². The fourth-order valence-electron chi connectivity index (χ4n) is 4.77. The summed E-state index contributed by atoms with van der Waals surface area (Å²) in [5, 5.41) is 5.05. The van der Waals surface area contributed by atoms with Crippen molar-refractivity contribution >= 4 is 35.1 Å². The van der Waals surface area contributed by atoms with Crippen LogP contribution in [0.4, 0.5) is 0 Å². The van der Waals surface area contributed by atoms with Gasteiger partial charge in [-0.05, 0) is 37.2 Å². The molecule has 0 aliphatic heterocycles. The lowest BCUT2D eigenvalue weighted by Crippen LogP contribution is -2.42. The number of rotatable bonds is 15. The van der Waals surface area contributed by atoms with Crippen molar-refractivity contribution in [2.24, 2.45) is 17.8 Å². The van der Waals surface area contributed by atoms with Gasteiger partial charge in [-0.25, -0.2) is 15.0 Å². The smallest absolute Gasteiger partial charge is 0.308 e. The molecule has 1 saturated carbocycles. The van der Waals surface area contributed by atoms with Gasteiger partial charge in [0.1, 0.15) is 16.5 Å². The first-order valence-electron chi connectivity index (χ1n) is 14.0. The van der Waals surface area contributed by atoms with Crippen molar-refractivity contribution in [2.45, 2.75) is 84.4 Å². The Morgan fingerprint density at radius 2 is 1.80 bits per heavy atom. The predicted molar refractivity (Wildman–Crippen MR) is 153 cm³/mol. The molecule has 41 heavy (non-hydrogen) atoms. The minimum Gasteiger partial charge on any atom is -0.469 e. The molecule has 1 unspecified atom stereocenters. The van der Waals surface area contributed by atoms with Gasteiger partial charge in [0.2, 0.25) is 5.91 Å². The Morgan fingerprint density at radius 3 is 2.39 bits per heavy atom. The van der Waals surface area contributed by atoms with E-state index in [-0.39, 0.29) is 29.5 Å². The molecular formula is C29H41N5O6S. The van der Waals surface area contributed by atoms with Crippen molar-refractivity contribution in [1.29, 1.82) is 0 Å². The fourth-order valence-corrected chi connectivity index (χ4v) is 5.61. The molecule has 0 bridgehead atoms. The van der Waals surface area contributed by atoms with Gasteiger partial charge >= 0.3 is 11.9 Å². The summed E-state index contributed by atoms with van der Waals surface area (Å²) in [6, 6.07) is 1.07. The number of methoxy groups -OCH3 is 1. The number of carbonyl (C=O) groups excluding carboxylic acids is 4. The van der Waals surface area contributed by atoms with Crippen molar-refractivity contribution in [3.05, 3.63) is 40.4 Å². The number of hydrogen-bond donors (Lipinski definition) is 1. The summed E-state index contributed by atoms with van der Waals surface area (Å²) in [7, 11) is 3.13. The quantitative estimate of drug-likeness (QED) is 0.308. The largest absolute Gasteiger partial charge is 0.469 e. The van der Waals surface area contributed by atoms with E-state index in [0.717, 1.165) is 12.8 Å². The first kappa shape index (κ1) is 32.1. The highest BCUT2D eigenvalue weighted by Gasteiger charge is 2.33. The first-order valence-corrected chi connectivity index (χ1v) is 14.9. The Bertz CT molecular complexity index is 1190. The van der Waals surface area contributed by atoms with Crippen LogP contribution in [0.5, 0.6) is 0 Å². The topological polar surface area (TPSA) is 141 Å². The van der Waals surface area contributed by atoms with Gasteiger partial charge in [-0.2, -0.15) is 0 Å². The summed E-state index contributed by atoms with van der Waals surface area (Å²) in [6.45, 7) is 7.13. The molecule has 1 N–H and O–H groups in total. The van der Waals surface area contributed by atoms with E-state index < -0.39 is 29.9 Å². The molecule has 2 aromatic rings. The highest BCUT2D eigenvalue weighted by molar-refractivity contribution is 7.09. The lowest BCUT2D eigenvalue weighted by atomic mass is 9.96. The van der Waals surface area contributed by atoms with Gasteiger partial charge in [0.25, 0.3) is 5.91 Å². The summed E-state index contributed by atoms with van der Waals surface area (Å²) < 4.78 is 10.5. The summed E-state index contributed by atoms with van der Waals surface area (Å²) in [6.07, 6.45) is 6.24. The fraction of sp³-hybridized carbons (Fsp3) is 0.621. The molecule has 11 nitrogen and oxygen atoms in total. The van der Waals surface area contributed by atoms with Crippen molar-refractivity contribution in [2.75, 3.05) is 14.2 Å². The maximum atomic E-state index is 13.3. The Balaban J connectivity index is 1.76. The van der Waals surface area contributed by atoms with Crippen molar-refractivity contribution in [1.82, 2.24) is 25.2 Å². The molecule has 0 spiro atoms. The SMILES string of the molecule is COC(=O)[C@@H](C)C[C@H](Cc1ncccn1)NC(=O)c1csc([C@@H](CC(C(C)C)N(C)C(=O)CC2CC2)OC(C)=O)n1. The second-order valence-corrected chi connectivity index (χ2v) is 12.0. The lowest BCUT2D eigenvalue weighted by Gasteiger charge is -2.33. The van der Waals surface area contributed by atoms with E-state index >= 15 is 0 Å². The first-order chi connectivity index (χ1) is 19.5. The number of carbonyl (C=O) groups is 4. The Kier molecular flexibility index (Phi) is 11.7. The number of amides is 2. The van der Waals surface area contributed by atoms with Gasteiger partial charge in [-0.3, -0.25) is 19.2 Å². The number of hydrogen-bond acceptors (Lipinski definition) is 10. The molecule has 2 amide bonds. The predicted octanol–water partition coefficient (Wildman–Crippen LogP) is 3.75. The molecule has 4 atom stereocenters. The lowest BCUT2D eigenvalue weighted by molar-refractivity contribution is -0.148. The average Bonchev–Trinajstić information content (AvgIpc) is 3.60. The average molecular weight is 588 g/mol. The van der Waals surface area contributed by atoms with Crippen LogP contribution in [0.25, 0.3) is 0 Å². The summed E-state index contributed by atoms with van der Waals surface area (Å²) in [5.41, 5.74) is 0.172. The third-order valence-corrected chi connectivity index (χ3v) is 8.18. The summed E-state index contributed by atoms with van der Waals surface area (Å²) in [4.78, 5) is 65.0. The Labute approximate surface area is 245 Å². The molecule has 0 radical (unpaired) electrons. The highest BCUT2D eigenvalue weighted by Crippen LogP contribution is 2.35. The highest BCUT2D eigenvalue weighted by atomic mass is 32.1. The number of ether oxygens (including phenoxy) is 2. The van der Waals surface area contributed by atoms with Gasteiger partial charge in [0.15, 0.2) is 6.10 Å². The van der Waals surface area contributed by atoms with Crippen LogP contribution in [0, 0.1) is 17.8 Å². The third-order valence-electron chi connectivity index (χ3n) is 7.24. The van der Waals surface area contributed by atoms with Crippen molar-refractivity contribution in [3.63, 3.8) is 0 Å². The van der Waals surface area contributed by atoms with E-state index in [1.807, 2.05) is 13.8 Å². The zero-order valence-corrected chi connectivity index (χ0v) is 25.5. The van der Waals surface area contributed by atoms with Crippen molar-refractivity contribution in [3.8, 4) is 0 Å². The van der Waals surface area contributed by atoms with Gasteiger partial charge in [-0.1, -0.05) is 20.8 Å². The van der Waals surface area contributed by atoms with E-state index in [0.29, 0.717) is 42.4 Å². The molecule has 1 aliphatic carbocycles. The Hall–Kier alpha value is -3.41. The van der Waals surface area contributed by atoms with Crippen LogP contribution in [0.1, 0.15) is 87.2 Å². The van der Waals surface area contributed by atoms with E-state index in [4.69, 9.17) is 9.47 Å². The third kappa shape index (κ3) is 9.87. The molecule has 0 saturated heterocycles. The molecular weight excluding hydrogens is 546 g/mol. The molecule has 224 valence electrons. The Morgan fingerprint density at radius 1 is 1.12 bits per heavy atom. The molecule has 12 heteroatoms. The molecule has 3 rings (SSSR count). The zero-order chi connectivity index (χ0) is 30.1. The van der Waals surface area contributed by atoms with Crippen molar-refractivity contribution < 1.29 is 28.7 Å². The maximum Gasteiger partial charge on any atom is 0.308 e. The number of nitrogens with zero attached hydrogens (tertiary/aromatic N) is 4. The molecule has 1 fully saturated rings. The van der Waals surface area contributed by atoms with Crippen LogP contribution >= 0.6 is 11.3 Å². The molecule has 0 aromatic carbocycles. The van der Waals surface area contributed by atoms with Crippen LogP contribution in [0.15, 0.2) is 23.8 Å². The number of nitrogens with one attached hydrogen (secondary N) is 1. The van der Waals surface area contributed by atoms with Gasteiger partial charge in [-0.15, -0.1) is 11.3 Å². The van der Waals surface area contributed by atoms with E-state index in [1.165, 1.54) is 25.4 Å². The molecule has 1 aliphatic rings. The second kappa shape index (κ2) is 15.0. The van der Waals surface area contributed by atoms with E-state index in [1.54, 1.807) is 42.7 Å². The van der Waals surface area contributed by atoms with E-state index in [2.05, 4.69) is 20.3 Å². The van der Waals surface area contributed by atoms with Crippen LogP contribution < -0.4 is 5.32 Å². The van der Waals surface area contributed by atoms with Crippen LogP contribution in [-0.2, 0) is 30.3 Å². The minimum atomic E-state index is -0.713. The number of aromatic nitrogens is 3. The number of thiazole rings is 1. The molecule has 2 heterocycles. The number of esters is 2. The maximum absolute atomic E-state index is 13.3. The summed E-state index contributed by atoms with van der Waals surface area (Å²) >= 11 is 1.22.